The number of anilines is 1. The van der Waals surface area contributed by atoms with Crippen molar-refractivity contribution in [3.8, 4) is 5.75 Å². The summed E-state index contributed by atoms with van der Waals surface area (Å²) in [5.41, 5.74) is 5.18. The average Bonchev–Trinajstić information content (AvgIpc) is 2.80. The number of hydrogen-bond donors (Lipinski definition) is 1. The van der Waals surface area contributed by atoms with Crippen LogP contribution in [0.5, 0.6) is 5.75 Å². The molecule has 0 fully saturated rings. The highest BCUT2D eigenvalue weighted by Crippen LogP contribution is 2.27. The highest BCUT2D eigenvalue weighted by Gasteiger charge is 2.28. The lowest BCUT2D eigenvalue weighted by molar-refractivity contribution is -0.120. The molecule has 6 nitrogen and oxygen atoms in total. The Morgan fingerprint density at radius 1 is 0.914 bits per heavy atom. The molecule has 0 saturated heterocycles. The van der Waals surface area contributed by atoms with Gasteiger partial charge in [0.05, 0.1) is 23.7 Å². The lowest BCUT2D eigenvalue weighted by atomic mass is 10.0. The molecule has 7 heteroatoms. The van der Waals surface area contributed by atoms with E-state index in [1.165, 1.54) is 4.31 Å². The Bertz CT molecular complexity index is 1280. The molecule has 0 radical (unpaired) electrons. The molecule has 0 bridgehead atoms. The number of methoxy groups -OCH3 is 1. The summed E-state index contributed by atoms with van der Waals surface area (Å²) in [5.74, 6) is 0.403. The first-order valence-corrected chi connectivity index (χ1v) is 13.1. The number of carbonyl (C=O) groups is 1. The van der Waals surface area contributed by atoms with Gasteiger partial charge in [0.15, 0.2) is 0 Å². The topological polar surface area (TPSA) is 75.7 Å². The fourth-order valence-electron chi connectivity index (χ4n) is 4.16. The smallest absolute Gasteiger partial charge is 0.264 e. The Balaban J connectivity index is 1.94. The number of amides is 1. The maximum Gasteiger partial charge on any atom is 0.264 e. The highest BCUT2D eigenvalue weighted by molar-refractivity contribution is 7.92. The number of hydrogen-bond acceptors (Lipinski definition) is 4. The Morgan fingerprint density at radius 2 is 1.54 bits per heavy atom. The van der Waals surface area contributed by atoms with Crippen LogP contribution in [0.3, 0.4) is 0 Å². The van der Waals surface area contributed by atoms with Crippen LogP contribution in [0.1, 0.15) is 47.2 Å². The second kappa shape index (κ2) is 11.0. The summed E-state index contributed by atoms with van der Waals surface area (Å²) in [4.78, 5) is 13.4. The Kier molecular flexibility index (Phi) is 8.22. The largest absolute Gasteiger partial charge is 0.496 e. The SMILES string of the molecule is CCC(NC(=O)CN(c1cc(C)cc(C)c1)S(=O)(=O)c1ccc(C)cc1)c1ccc(OC)c(C)c1. The van der Waals surface area contributed by atoms with Crippen LogP contribution < -0.4 is 14.4 Å². The molecule has 3 rings (SSSR count). The van der Waals surface area contributed by atoms with E-state index in [2.05, 4.69) is 5.32 Å². The number of benzene rings is 3. The molecule has 1 amide bonds. The van der Waals surface area contributed by atoms with E-state index in [4.69, 9.17) is 4.74 Å². The van der Waals surface area contributed by atoms with Crippen LogP contribution in [-0.4, -0.2) is 28.0 Å². The number of rotatable bonds is 9. The Labute approximate surface area is 209 Å². The van der Waals surface area contributed by atoms with Gasteiger partial charge in [-0.1, -0.05) is 42.8 Å². The fraction of sp³-hybridized carbons (Fsp3) is 0.321. The number of nitrogens with one attached hydrogen (secondary N) is 1. The third-order valence-corrected chi connectivity index (χ3v) is 7.74. The van der Waals surface area contributed by atoms with Crippen molar-refractivity contribution >= 4 is 21.6 Å². The Morgan fingerprint density at radius 3 is 2.09 bits per heavy atom. The number of nitrogens with zero attached hydrogens (tertiary/aromatic N) is 1. The molecule has 1 atom stereocenters. The van der Waals surface area contributed by atoms with Crippen molar-refractivity contribution < 1.29 is 17.9 Å². The maximum atomic E-state index is 13.7. The van der Waals surface area contributed by atoms with Crippen molar-refractivity contribution in [2.45, 2.75) is 52.0 Å². The summed E-state index contributed by atoms with van der Waals surface area (Å²) in [7, 11) is -2.34. The molecule has 1 unspecified atom stereocenters. The summed E-state index contributed by atoms with van der Waals surface area (Å²) in [6.45, 7) is 9.32. The number of ether oxygens (including phenoxy) is 1. The van der Waals surface area contributed by atoms with Crippen molar-refractivity contribution in [1.82, 2.24) is 5.32 Å². The van der Waals surface area contributed by atoms with Gasteiger partial charge in [-0.25, -0.2) is 8.42 Å². The van der Waals surface area contributed by atoms with Crippen molar-refractivity contribution in [2.75, 3.05) is 18.0 Å². The monoisotopic (exact) mass is 494 g/mol. The Hall–Kier alpha value is -3.32. The second-order valence-corrected chi connectivity index (χ2v) is 10.8. The normalized spacial score (nSPS) is 12.2. The number of aryl methyl sites for hydroxylation is 4. The summed E-state index contributed by atoms with van der Waals surface area (Å²) in [5, 5.41) is 3.02. The van der Waals surface area contributed by atoms with E-state index >= 15 is 0 Å². The first-order valence-electron chi connectivity index (χ1n) is 11.7. The van der Waals surface area contributed by atoms with Crippen LogP contribution in [0, 0.1) is 27.7 Å². The van der Waals surface area contributed by atoms with Gasteiger partial charge in [-0.3, -0.25) is 9.10 Å². The summed E-state index contributed by atoms with van der Waals surface area (Å²) in [6, 6.07) is 17.7. The molecule has 0 spiro atoms. The lowest BCUT2D eigenvalue weighted by Gasteiger charge is -2.26. The van der Waals surface area contributed by atoms with Gasteiger partial charge in [0, 0.05) is 0 Å². The number of carbonyl (C=O) groups excluding carboxylic acids is 1. The third kappa shape index (κ3) is 6.22. The van der Waals surface area contributed by atoms with E-state index in [0.29, 0.717) is 12.1 Å². The van der Waals surface area contributed by atoms with E-state index in [1.807, 2.05) is 58.9 Å². The third-order valence-electron chi connectivity index (χ3n) is 5.96. The van der Waals surface area contributed by atoms with Gasteiger partial charge in [-0.2, -0.15) is 0 Å². The predicted octanol–water partition coefficient (Wildman–Crippen LogP) is 5.39. The molecule has 0 aliphatic rings. The molecular weight excluding hydrogens is 460 g/mol. The van der Waals surface area contributed by atoms with Crippen LogP contribution in [0.4, 0.5) is 5.69 Å². The first-order chi connectivity index (χ1) is 16.5. The second-order valence-electron chi connectivity index (χ2n) is 8.93. The van der Waals surface area contributed by atoms with E-state index in [1.54, 1.807) is 43.5 Å². The molecule has 186 valence electrons. The average molecular weight is 495 g/mol. The van der Waals surface area contributed by atoms with Gasteiger partial charge in [-0.05, 0) is 86.7 Å². The molecule has 0 saturated carbocycles. The summed E-state index contributed by atoms with van der Waals surface area (Å²) < 4.78 is 33.9. The minimum atomic E-state index is -3.97. The fourth-order valence-corrected chi connectivity index (χ4v) is 5.56. The highest BCUT2D eigenvalue weighted by atomic mass is 32.2. The minimum Gasteiger partial charge on any atom is -0.496 e. The molecule has 0 aliphatic carbocycles. The van der Waals surface area contributed by atoms with Crippen LogP contribution in [0.2, 0.25) is 0 Å². The van der Waals surface area contributed by atoms with Gasteiger partial charge < -0.3 is 10.1 Å². The van der Waals surface area contributed by atoms with E-state index < -0.39 is 10.0 Å². The van der Waals surface area contributed by atoms with Crippen molar-refractivity contribution in [3.05, 3.63) is 88.5 Å². The zero-order chi connectivity index (χ0) is 25.8. The lowest BCUT2D eigenvalue weighted by Crippen LogP contribution is -2.42. The van der Waals surface area contributed by atoms with E-state index in [9.17, 15) is 13.2 Å². The van der Waals surface area contributed by atoms with E-state index in [0.717, 1.165) is 33.6 Å². The molecule has 0 aliphatic heterocycles. The zero-order valence-electron chi connectivity index (χ0n) is 21.3. The summed E-state index contributed by atoms with van der Waals surface area (Å²) in [6.07, 6.45) is 0.659. The minimum absolute atomic E-state index is 0.146. The van der Waals surface area contributed by atoms with Crippen LogP contribution in [-0.2, 0) is 14.8 Å². The standard InChI is InChI=1S/C28H34N2O4S/c1-7-26(23-10-13-27(34-6)22(5)17-23)29-28(31)18-30(24-15-20(3)14-21(4)16-24)35(32,33)25-11-8-19(2)9-12-25/h8-17,26H,7,18H2,1-6H3,(H,29,31). The quantitative estimate of drug-likeness (QED) is 0.433. The van der Waals surface area contributed by atoms with Gasteiger partial charge in [-0.15, -0.1) is 0 Å². The predicted molar refractivity (Wildman–Crippen MR) is 141 cm³/mol. The van der Waals surface area contributed by atoms with E-state index in [-0.39, 0.29) is 23.4 Å². The maximum absolute atomic E-state index is 13.7. The summed E-state index contributed by atoms with van der Waals surface area (Å²) >= 11 is 0. The van der Waals surface area contributed by atoms with Crippen molar-refractivity contribution in [3.63, 3.8) is 0 Å². The van der Waals surface area contributed by atoms with Gasteiger partial charge >= 0.3 is 0 Å². The molecule has 3 aromatic carbocycles. The molecule has 1 N–H and O–H groups in total. The van der Waals surface area contributed by atoms with Gasteiger partial charge in [0.2, 0.25) is 5.91 Å². The molecule has 0 aromatic heterocycles. The van der Waals surface area contributed by atoms with Crippen molar-refractivity contribution in [2.24, 2.45) is 0 Å². The molecule has 3 aromatic rings. The first kappa shape index (κ1) is 26.3. The van der Waals surface area contributed by atoms with Gasteiger partial charge in [0.1, 0.15) is 12.3 Å². The number of sulfonamides is 1. The zero-order valence-corrected chi connectivity index (χ0v) is 22.1. The van der Waals surface area contributed by atoms with Gasteiger partial charge in [0.25, 0.3) is 10.0 Å². The molecule has 35 heavy (non-hydrogen) atoms. The van der Waals surface area contributed by atoms with Crippen LogP contribution in [0.15, 0.2) is 65.6 Å². The van der Waals surface area contributed by atoms with Crippen LogP contribution in [0.25, 0.3) is 0 Å². The molecular formula is C28H34N2O4S. The van der Waals surface area contributed by atoms with Crippen LogP contribution >= 0.6 is 0 Å². The molecule has 0 heterocycles. The van der Waals surface area contributed by atoms with Crippen molar-refractivity contribution in [1.29, 1.82) is 0 Å².